The Bertz CT molecular complexity index is 596. The van der Waals surface area contributed by atoms with Gasteiger partial charge in [-0.1, -0.05) is 0 Å². The van der Waals surface area contributed by atoms with Crippen LogP contribution < -0.4 is 0 Å². The van der Waals surface area contributed by atoms with Gasteiger partial charge in [0.2, 0.25) is 0 Å². The van der Waals surface area contributed by atoms with E-state index >= 15 is 0 Å². The van der Waals surface area contributed by atoms with Crippen LogP contribution in [0, 0.1) is 18.6 Å². The van der Waals surface area contributed by atoms with E-state index in [2.05, 4.69) is 4.98 Å². The number of pyridine rings is 1. The number of aromatic nitrogens is 1. The first-order valence-electron chi connectivity index (χ1n) is 4.49. The molecule has 0 saturated heterocycles. The van der Waals surface area contributed by atoms with Gasteiger partial charge in [-0.25, -0.2) is 18.6 Å². The number of rotatable bonds is 1. The van der Waals surface area contributed by atoms with Gasteiger partial charge in [-0.2, -0.15) is 0 Å². The molecule has 82 valence electrons. The molecule has 0 fully saturated rings. The van der Waals surface area contributed by atoms with Gasteiger partial charge in [-0.05, 0) is 25.1 Å². The molecule has 3 nitrogen and oxygen atoms in total. The maximum Gasteiger partial charge on any atom is 0.336 e. The number of carbonyl (C=O) groups is 1. The molecular formula is C11H7F2NO2. The Labute approximate surface area is 89.3 Å². The number of halogens is 2. The molecule has 0 aliphatic rings. The number of aryl methyl sites for hydroxylation is 1. The van der Waals surface area contributed by atoms with E-state index in [1.54, 1.807) is 0 Å². The van der Waals surface area contributed by atoms with Gasteiger partial charge in [0.1, 0.15) is 17.2 Å². The van der Waals surface area contributed by atoms with Gasteiger partial charge in [0.25, 0.3) is 0 Å². The zero-order chi connectivity index (χ0) is 11.9. The normalized spacial score (nSPS) is 10.7. The summed E-state index contributed by atoms with van der Waals surface area (Å²) in [5.41, 5.74) is -0.202. The molecule has 0 aliphatic heterocycles. The Hall–Kier alpha value is -2.04. The molecule has 1 heterocycles. The minimum absolute atomic E-state index is 0.252. The number of hydrogen-bond acceptors (Lipinski definition) is 2. The van der Waals surface area contributed by atoms with E-state index in [0.29, 0.717) is 5.69 Å². The number of fused-ring (bicyclic) bond motifs is 1. The molecule has 0 spiro atoms. The third-order valence-electron chi connectivity index (χ3n) is 2.22. The van der Waals surface area contributed by atoms with Gasteiger partial charge < -0.3 is 5.11 Å². The molecule has 1 aromatic heterocycles. The summed E-state index contributed by atoms with van der Waals surface area (Å²) in [7, 11) is 0. The summed E-state index contributed by atoms with van der Waals surface area (Å²) in [6.07, 6.45) is 0. The highest BCUT2D eigenvalue weighted by Crippen LogP contribution is 2.24. The van der Waals surface area contributed by atoms with Crippen LogP contribution >= 0.6 is 0 Å². The van der Waals surface area contributed by atoms with Gasteiger partial charge in [-0.3, -0.25) is 0 Å². The number of benzene rings is 1. The highest BCUT2D eigenvalue weighted by atomic mass is 19.1. The molecule has 0 bridgehead atoms. The highest BCUT2D eigenvalue weighted by molar-refractivity contribution is 6.02. The first-order chi connectivity index (χ1) is 7.50. The first-order valence-corrected chi connectivity index (χ1v) is 4.49. The highest BCUT2D eigenvalue weighted by Gasteiger charge is 2.16. The molecule has 16 heavy (non-hydrogen) atoms. The second-order valence-electron chi connectivity index (χ2n) is 3.37. The van der Waals surface area contributed by atoms with Crippen molar-refractivity contribution in [2.75, 3.05) is 0 Å². The molecule has 0 amide bonds. The van der Waals surface area contributed by atoms with Crippen molar-refractivity contribution in [2.24, 2.45) is 0 Å². The van der Waals surface area contributed by atoms with Crippen LogP contribution in [0.2, 0.25) is 0 Å². The number of carboxylic acid groups (broad SMARTS) is 1. The average molecular weight is 223 g/mol. The molecule has 0 atom stereocenters. The number of nitrogens with zero attached hydrogens (tertiary/aromatic N) is 1. The minimum Gasteiger partial charge on any atom is -0.478 e. The minimum atomic E-state index is -1.31. The van der Waals surface area contributed by atoms with Crippen LogP contribution in [-0.4, -0.2) is 16.1 Å². The van der Waals surface area contributed by atoms with E-state index in [-0.39, 0.29) is 16.5 Å². The fourth-order valence-corrected chi connectivity index (χ4v) is 1.56. The van der Waals surface area contributed by atoms with Crippen molar-refractivity contribution in [1.82, 2.24) is 4.98 Å². The van der Waals surface area contributed by atoms with Crippen molar-refractivity contribution in [3.63, 3.8) is 0 Å². The number of carboxylic acids is 1. The standard InChI is InChI=1S/C11H7F2NO2/c1-5-4-6(11(15)16)9-7(12)2-3-8(13)10(9)14-5/h2-4H,1H3,(H,15,16). The summed E-state index contributed by atoms with van der Waals surface area (Å²) >= 11 is 0. The van der Waals surface area contributed by atoms with Crippen molar-refractivity contribution in [1.29, 1.82) is 0 Å². The third kappa shape index (κ3) is 1.50. The molecule has 2 rings (SSSR count). The van der Waals surface area contributed by atoms with Crippen LogP contribution in [0.4, 0.5) is 8.78 Å². The quantitative estimate of drug-likeness (QED) is 0.808. The zero-order valence-electron chi connectivity index (χ0n) is 8.29. The van der Waals surface area contributed by atoms with E-state index in [0.717, 1.165) is 12.1 Å². The van der Waals surface area contributed by atoms with Gasteiger partial charge in [-0.15, -0.1) is 0 Å². The molecule has 0 saturated carbocycles. The molecule has 0 unspecified atom stereocenters. The van der Waals surface area contributed by atoms with E-state index in [4.69, 9.17) is 5.11 Å². The van der Waals surface area contributed by atoms with Crippen LogP contribution in [0.5, 0.6) is 0 Å². The zero-order valence-corrected chi connectivity index (χ0v) is 8.29. The number of aromatic carboxylic acids is 1. The Balaban J connectivity index is 3.00. The van der Waals surface area contributed by atoms with Crippen molar-refractivity contribution >= 4 is 16.9 Å². The second kappa shape index (κ2) is 3.52. The van der Waals surface area contributed by atoms with Gasteiger partial charge >= 0.3 is 5.97 Å². The maximum atomic E-state index is 13.4. The maximum absolute atomic E-state index is 13.4. The SMILES string of the molecule is Cc1cc(C(=O)O)c2c(F)ccc(F)c2n1. The smallest absolute Gasteiger partial charge is 0.336 e. The van der Waals surface area contributed by atoms with Crippen LogP contribution in [-0.2, 0) is 0 Å². The predicted octanol–water partition coefficient (Wildman–Crippen LogP) is 2.52. The van der Waals surface area contributed by atoms with E-state index in [9.17, 15) is 13.6 Å². The van der Waals surface area contributed by atoms with Crippen LogP contribution in [0.15, 0.2) is 18.2 Å². The summed E-state index contributed by atoms with van der Waals surface area (Å²) in [6.45, 7) is 1.52. The lowest BCUT2D eigenvalue weighted by Crippen LogP contribution is -2.03. The average Bonchev–Trinajstić information content (AvgIpc) is 2.22. The second-order valence-corrected chi connectivity index (χ2v) is 3.37. The molecular weight excluding hydrogens is 216 g/mol. The van der Waals surface area contributed by atoms with Crippen molar-refractivity contribution in [3.05, 3.63) is 41.1 Å². The van der Waals surface area contributed by atoms with Crippen LogP contribution in [0.3, 0.4) is 0 Å². The summed E-state index contributed by atoms with van der Waals surface area (Å²) in [4.78, 5) is 14.7. The van der Waals surface area contributed by atoms with Crippen molar-refractivity contribution in [2.45, 2.75) is 6.92 Å². The van der Waals surface area contributed by atoms with Crippen molar-refractivity contribution < 1.29 is 18.7 Å². The summed E-state index contributed by atoms with van der Waals surface area (Å²) in [5, 5.41) is 8.61. The topological polar surface area (TPSA) is 50.2 Å². The monoisotopic (exact) mass is 223 g/mol. The Morgan fingerprint density at radius 1 is 1.31 bits per heavy atom. The molecule has 1 aromatic carbocycles. The fourth-order valence-electron chi connectivity index (χ4n) is 1.56. The van der Waals surface area contributed by atoms with E-state index in [1.807, 2.05) is 0 Å². The summed E-state index contributed by atoms with van der Waals surface area (Å²) < 4.78 is 26.8. The first kappa shape index (κ1) is 10.5. The van der Waals surface area contributed by atoms with Gasteiger partial charge in [0.15, 0.2) is 0 Å². The molecule has 0 radical (unpaired) electrons. The fraction of sp³-hybridized carbons (Fsp3) is 0.0909. The lowest BCUT2D eigenvalue weighted by atomic mass is 10.1. The molecule has 0 aliphatic carbocycles. The Morgan fingerprint density at radius 2 is 1.94 bits per heavy atom. The Morgan fingerprint density at radius 3 is 2.56 bits per heavy atom. The summed E-state index contributed by atoms with van der Waals surface area (Å²) in [5.74, 6) is -2.83. The summed E-state index contributed by atoms with van der Waals surface area (Å²) in [6, 6.07) is 3.03. The van der Waals surface area contributed by atoms with Gasteiger partial charge in [0, 0.05) is 5.69 Å². The molecule has 5 heteroatoms. The lowest BCUT2D eigenvalue weighted by molar-refractivity contribution is 0.0698. The number of hydrogen-bond donors (Lipinski definition) is 1. The van der Waals surface area contributed by atoms with E-state index in [1.165, 1.54) is 13.0 Å². The van der Waals surface area contributed by atoms with Gasteiger partial charge in [0.05, 0.1) is 10.9 Å². The van der Waals surface area contributed by atoms with Crippen molar-refractivity contribution in [3.8, 4) is 0 Å². The van der Waals surface area contributed by atoms with E-state index < -0.39 is 17.6 Å². The lowest BCUT2D eigenvalue weighted by Gasteiger charge is -2.05. The largest absolute Gasteiger partial charge is 0.478 e. The predicted molar refractivity (Wildman–Crippen MR) is 53.4 cm³/mol. The third-order valence-corrected chi connectivity index (χ3v) is 2.22. The molecule has 2 aromatic rings. The Kier molecular flexibility index (Phi) is 2.30. The molecule has 1 N–H and O–H groups in total. The van der Waals surface area contributed by atoms with Crippen LogP contribution in [0.1, 0.15) is 16.1 Å². The van der Waals surface area contributed by atoms with Crippen LogP contribution in [0.25, 0.3) is 10.9 Å².